The Balaban J connectivity index is 1.29. The Bertz CT molecular complexity index is 1230. The molecule has 0 spiro atoms. The number of fused-ring (bicyclic) bond motifs is 2. The number of hydrogen-bond donors (Lipinski definition) is 1. The van der Waals surface area contributed by atoms with E-state index in [1.165, 1.54) is 6.33 Å². The van der Waals surface area contributed by atoms with Crippen LogP contribution in [0.15, 0.2) is 17.0 Å². The molecule has 0 bridgehead atoms. The molecule has 12 heteroatoms. The number of amides is 2. The van der Waals surface area contributed by atoms with Crippen molar-refractivity contribution in [1.29, 1.82) is 0 Å². The van der Waals surface area contributed by atoms with Crippen molar-refractivity contribution in [3.05, 3.63) is 22.1 Å². The zero-order valence-electron chi connectivity index (χ0n) is 22.4. The van der Waals surface area contributed by atoms with E-state index in [1.807, 2.05) is 45.4 Å². The highest BCUT2D eigenvalue weighted by atomic mass is 79.9. The second-order valence-electron chi connectivity index (χ2n) is 11.9. The van der Waals surface area contributed by atoms with Gasteiger partial charge in [-0.1, -0.05) is 11.6 Å². The molecule has 1 N–H and O–H groups in total. The molecule has 0 unspecified atom stereocenters. The van der Waals surface area contributed by atoms with Crippen LogP contribution in [-0.2, 0) is 19.0 Å². The molecule has 2 aromatic heterocycles. The third-order valence-corrected chi connectivity index (χ3v) is 8.27. The molecule has 3 aliphatic rings. The fourth-order valence-electron chi connectivity index (χ4n) is 5.84. The highest BCUT2D eigenvalue weighted by Gasteiger charge is 2.57. The van der Waals surface area contributed by atoms with Gasteiger partial charge in [-0.15, -0.1) is 0 Å². The molecule has 5 atom stereocenters. The van der Waals surface area contributed by atoms with Gasteiger partial charge in [0, 0.05) is 30.3 Å². The summed E-state index contributed by atoms with van der Waals surface area (Å²) in [4.78, 5) is 36.4. The Kier molecular flexibility index (Phi) is 7.43. The molecule has 0 aromatic carbocycles. The molecule has 3 fully saturated rings. The third kappa shape index (κ3) is 5.52. The van der Waals surface area contributed by atoms with Crippen molar-refractivity contribution in [3.63, 3.8) is 0 Å². The Morgan fingerprint density at radius 2 is 2.00 bits per heavy atom. The summed E-state index contributed by atoms with van der Waals surface area (Å²) in [5.41, 5.74) is 0.141. The molecule has 208 valence electrons. The van der Waals surface area contributed by atoms with Crippen LogP contribution in [0, 0.1) is 11.8 Å². The predicted octanol–water partition coefficient (Wildman–Crippen LogP) is 4.69. The molecule has 2 aliphatic heterocycles. The zero-order valence-corrected chi connectivity index (χ0v) is 24.7. The number of carbonyl (C=O) groups is 2. The number of hydrogen-bond acceptors (Lipinski definition) is 7. The summed E-state index contributed by atoms with van der Waals surface area (Å²) in [7, 11) is 0. The largest absolute Gasteiger partial charge is 0.444 e. The molecular formula is C26H35BrClN5O5. The Labute approximate surface area is 235 Å². The maximum absolute atomic E-state index is 13.5. The number of carbonyl (C=O) groups excluding carboxylic acids is 2. The van der Waals surface area contributed by atoms with Crippen LogP contribution in [0.1, 0.15) is 59.9 Å². The van der Waals surface area contributed by atoms with Crippen molar-refractivity contribution < 1.29 is 23.8 Å². The zero-order chi connectivity index (χ0) is 27.4. The summed E-state index contributed by atoms with van der Waals surface area (Å²) in [6.45, 7) is 11.0. The van der Waals surface area contributed by atoms with E-state index in [-0.39, 0.29) is 30.1 Å². The number of halogens is 2. The summed E-state index contributed by atoms with van der Waals surface area (Å²) in [5.74, 6) is -1.11. The maximum Gasteiger partial charge on any atom is 0.410 e. The number of ether oxygens (including phenoxy) is 3. The van der Waals surface area contributed by atoms with E-state index in [4.69, 9.17) is 25.8 Å². The normalized spacial score (nSPS) is 28.9. The van der Waals surface area contributed by atoms with E-state index >= 15 is 0 Å². The minimum Gasteiger partial charge on any atom is -0.444 e. The molecule has 0 radical (unpaired) electrons. The van der Waals surface area contributed by atoms with E-state index in [0.717, 1.165) is 22.7 Å². The first-order chi connectivity index (χ1) is 17.8. The molecule has 1 aliphatic carbocycles. The molecule has 2 aromatic rings. The van der Waals surface area contributed by atoms with E-state index in [9.17, 15) is 9.59 Å². The quantitative estimate of drug-likeness (QED) is 0.499. The average Bonchev–Trinajstić information content (AvgIpc) is 3.45. The van der Waals surface area contributed by atoms with Gasteiger partial charge in [-0.2, -0.15) is 0 Å². The van der Waals surface area contributed by atoms with Crippen molar-refractivity contribution >= 4 is 50.6 Å². The summed E-state index contributed by atoms with van der Waals surface area (Å²) in [6, 6.07) is -0.172. The van der Waals surface area contributed by atoms with Crippen LogP contribution >= 0.6 is 27.5 Å². The van der Waals surface area contributed by atoms with Crippen LogP contribution in [0.5, 0.6) is 0 Å². The second kappa shape index (κ2) is 10.2. The molecule has 10 nitrogen and oxygen atoms in total. The van der Waals surface area contributed by atoms with Crippen molar-refractivity contribution in [3.8, 4) is 0 Å². The van der Waals surface area contributed by atoms with Gasteiger partial charge in [0.1, 0.15) is 34.9 Å². The molecule has 1 saturated carbocycles. The van der Waals surface area contributed by atoms with Crippen molar-refractivity contribution in [2.45, 2.75) is 83.5 Å². The number of nitrogens with one attached hydrogen (secondary N) is 1. The lowest BCUT2D eigenvalue weighted by atomic mass is 9.97. The number of aromatic nitrogens is 3. The highest BCUT2D eigenvalue weighted by molar-refractivity contribution is 9.10. The summed E-state index contributed by atoms with van der Waals surface area (Å²) >= 11 is 9.93. The summed E-state index contributed by atoms with van der Waals surface area (Å²) < 4.78 is 20.9. The smallest absolute Gasteiger partial charge is 0.410 e. The molecule has 4 heterocycles. The average molecular weight is 613 g/mol. The van der Waals surface area contributed by atoms with Crippen molar-refractivity contribution in [2.75, 3.05) is 19.6 Å². The number of nitrogens with zero attached hydrogens (tertiary/aromatic N) is 4. The van der Waals surface area contributed by atoms with Crippen LogP contribution < -0.4 is 5.32 Å². The SMILES string of the molecule is CC(C)(C)OC(=O)N1CCC[C@@H](CNC(=O)[C@H]2C[C@@H](n3cc(Br)c4c(Cl)ncnc43)[C@@H]3OC(C)(C)O[C@@H]32)C1. The standard InChI is InChI=1S/C26H35BrClN5O5/c1-25(2,3)38-24(35)32-8-6-7-14(11-32)10-29-23(34)15-9-17(20-19(15)36-26(4,5)37-20)33-12-16(27)18-21(28)30-13-31-22(18)33/h12-15,17,19-20H,6-11H2,1-5H3,(H,29,34)/t14-,15-,17+,19+,20-/m0/s1. The van der Waals surface area contributed by atoms with Crippen molar-refractivity contribution in [2.24, 2.45) is 11.8 Å². The minimum absolute atomic E-state index is 0.0682. The lowest BCUT2D eigenvalue weighted by molar-refractivity contribution is -0.163. The van der Waals surface area contributed by atoms with Crippen LogP contribution in [0.3, 0.4) is 0 Å². The molecular weight excluding hydrogens is 578 g/mol. The van der Waals surface area contributed by atoms with Gasteiger partial charge in [-0.3, -0.25) is 4.79 Å². The molecule has 2 amide bonds. The second-order valence-corrected chi connectivity index (χ2v) is 13.1. The fourth-order valence-corrected chi connectivity index (χ4v) is 6.77. The van der Waals surface area contributed by atoms with Crippen LogP contribution in [0.2, 0.25) is 5.15 Å². The Hall–Kier alpha value is -1.95. The highest BCUT2D eigenvalue weighted by Crippen LogP contribution is 2.48. The van der Waals surface area contributed by atoms with Gasteiger partial charge in [0.2, 0.25) is 5.91 Å². The van der Waals surface area contributed by atoms with E-state index < -0.39 is 23.4 Å². The third-order valence-electron chi connectivity index (χ3n) is 7.38. The summed E-state index contributed by atoms with van der Waals surface area (Å²) in [5, 5.41) is 4.23. The first-order valence-electron chi connectivity index (χ1n) is 13.1. The summed E-state index contributed by atoms with van der Waals surface area (Å²) in [6.07, 6.45) is 4.69. The van der Waals surface area contributed by atoms with Crippen LogP contribution in [-0.4, -0.2) is 74.7 Å². The lowest BCUT2D eigenvalue weighted by Crippen LogP contribution is -2.46. The number of likely N-dealkylation sites (tertiary alicyclic amines) is 1. The van der Waals surface area contributed by atoms with Crippen molar-refractivity contribution in [1.82, 2.24) is 24.8 Å². The van der Waals surface area contributed by atoms with Gasteiger partial charge >= 0.3 is 6.09 Å². The predicted molar refractivity (Wildman–Crippen MR) is 145 cm³/mol. The lowest BCUT2D eigenvalue weighted by Gasteiger charge is -2.34. The van der Waals surface area contributed by atoms with E-state index in [1.54, 1.807) is 4.90 Å². The first kappa shape index (κ1) is 27.6. The van der Waals surface area contributed by atoms with Gasteiger partial charge in [0.15, 0.2) is 5.79 Å². The monoisotopic (exact) mass is 611 g/mol. The molecule has 5 rings (SSSR count). The van der Waals surface area contributed by atoms with Gasteiger partial charge in [0.05, 0.1) is 17.3 Å². The van der Waals surface area contributed by atoms with Gasteiger partial charge in [-0.05, 0) is 75.7 Å². The number of piperidine rings is 1. The topological polar surface area (TPSA) is 108 Å². The number of rotatable bonds is 4. The van der Waals surface area contributed by atoms with Crippen LogP contribution in [0.4, 0.5) is 4.79 Å². The van der Waals surface area contributed by atoms with E-state index in [0.29, 0.717) is 36.9 Å². The fraction of sp³-hybridized carbons (Fsp3) is 0.692. The first-order valence-corrected chi connectivity index (χ1v) is 14.3. The molecule has 2 saturated heterocycles. The Morgan fingerprint density at radius 3 is 2.74 bits per heavy atom. The maximum atomic E-state index is 13.5. The van der Waals surface area contributed by atoms with E-state index in [2.05, 4.69) is 31.2 Å². The van der Waals surface area contributed by atoms with Gasteiger partial charge in [0.25, 0.3) is 0 Å². The van der Waals surface area contributed by atoms with Gasteiger partial charge < -0.3 is 29.0 Å². The minimum atomic E-state index is -0.809. The van der Waals surface area contributed by atoms with Crippen LogP contribution in [0.25, 0.3) is 11.0 Å². The van der Waals surface area contributed by atoms with Gasteiger partial charge in [-0.25, -0.2) is 14.8 Å². The molecule has 38 heavy (non-hydrogen) atoms. The Morgan fingerprint density at radius 1 is 1.26 bits per heavy atom.